The second kappa shape index (κ2) is 5.60. The lowest BCUT2D eigenvalue weighted by molar-refractivity contribution is 0.0608. The number of aryl methyl sites for hydroxylation is 3. The molecule has 1 unspecified atom stereocenters. The molecule has 21 heavy (non-hydrogen) atoms. The summed E-state index contributed by atoms with van der Waals surface area (Å²) < 4.78 is 5.14. The van der Waals surface area contributed by atoms with Crippen molar-refractivity contribution in [2.45, 2.75) is 46.1 Å². The van der Waals surface area contributed by atoms with E-state index in [1.807, 2.05) is 24.1 Å². The van der Waals surface area contributed by atoms with E-state index >= 15 is 0 Å². The van der Waals surface area contributed by atoms with Crippen molar-refractivity contribution < 1.29 is 9.32 Å². The second-order valence-corrected chi connectivity index (χ2v) is 6.43. The highest BCUT2D eigenvalue weighted by molar-refractivity contribution is 7.09. The molecule has 6 heteroatoms. The summed E-state index contributed by atoms with van der Waals surface area (Å²) in [5.41, 5.74) is 2.29. The Bertz CT molecular complexity index is 642. The molecule has 3 rings (SSSR count). The van der Waals surface area contributed by atoms with Crippen molar-refractivity contribution in [3.8, 4) is 0 Å². The number of carbonyl (C=O) groups excluding carboxylic acids is 1. The van der Waals surface area contributed by atoms with Crippen LogP contribution in [0.5, 0.6) is 0 Å². The first-order chi connectivity index (χ1) is 10.1. The Morgan fingerprint density at radius 2 is 2.19 bits per heavy atom. The Morgan fingerprint density at radius 1 is 1.38 bits per heavy atom. The van der Waals surface area contributed by atoms with Crippen molar-refractivity contribution in [3.05, 3.63) is 33.1 Å². The molecule has 2 aromatic heterocycles. The Kier molecular flexibility index (Phi) is 3.80. The molecule has 0 spiro atoms. The van der Waals surface area contributed by atoms with Gasteiger partial charge < -0.3 is 9.42 Å². The number of piperidine rings is 1. The molecule has 3 heterocycles. The molecular weight excluding hydrogens is 286 g/mol. The van der Waals surface area contributed by atoms with E-state index in [2.05, 4.69) is 10.1 Å². The minimum atomic E-state index is 0.0174. The van der Waals surface area contributed by atoms with Crippen LogP contribution in [0.15, 0.2) is 9.90 Å². The molecule has 1 fully saturated rings. The number of rotatable bonds is 2. The van der Waals surface area contributed by atoms with Crippen LogP contribution in [0, 0.1) is 20.8 Å². The highest BCUT2D eigenvalue weighted by Gasteiger charge is 2.33. The Morgan fingerprint density at radius 3 is 2.81 bits per heavy atom. The monoisotopic (exact) mass is 305 g/mol. The third-order valence-electron chi connectivity index (χ3n) is 3.93. The van der Waals surface area contributed by atoms with Crippen molar-refractivity contribution in [2.24, 2.45) is 0 Å². The van der Waals surface area contributed by atoms with Gasteiger partial charge in [0.2, 0.25) is 0 Å². The van der Waals surface area contributed by atoms with E-state index in [4.69, 9.17) is 4.52 Å². The van der Waals surface area contributed by atoms with Gasteiger partial charge in [-0.05, 0) is 40.0 Å². The van der Waals surface area contributed by atoms with Crippen LogP contribution in [0.25, 0.3) is 0 Å². The number of amides is 1. The molecule has 0 N–H and O–H groups in total. The van der Waals surface area contributed by atoms with E-state index in [1.54, 1.807) is 18.3 Å². The number of carbonyl (C=O) groups is 1. The minimum absolute atomic E-state index is 0.0174. The average Bonchev–Trinajstić information content (AvgIpc) is 3.05. The van der Waals surface area contributed by atoms with E-state index in [9.17, 15) is 4.79 Å². The van der Waals surface area contributed by atoms with Gasteiger partial charge in [-0.3, -0.25) is 4.79 Å². The average molecular weight is 305 g/mol. The molecular formula is C15H19N3O2S. The molecule has 5 nitrogen and oxygen atoms in total. The number of nitrogens with zero attached hydrogens (tertiary/aromatic N) is 3. The Balaban J connectivity index is 1.93. The highest BCUT2D eigenvalue weighted by atomic mass is 32.1. The molecule has 1 aliphatic rings. The van der Waals surface area contributed by atoms with Crippen molar-refractivity contribution in [2.75, 3.05) is 6.54 Å². The maximum atomic E-state index is 12.9. The largest absolute Gasteiger partial charge is 0.361 e. The van der Waals surface area contributed by atoms with Gasteiger partial charge in [0.15, 0.2) is 0 Å². The van der Waals surface area contributed by atoms with Crippen LogP contribution in [-0.2, 0) is 0 Å². The van der Waals surface area contributed by atoms with Gasteiger partial charge in [0.25, 0.3) is 5.91 Å². The molecule has 0 bridgehead atoms. The minimum Gasteiger partial charge on any atom is -0.361 e. The van der Waals surface area contributed by atoms with Gasteiger partial charge in [0, 0.05) is 17.6 Å². The maximum Gasteiger partial charge on any atom is 0.259 e. The van der Waals surface area contributed by atoms with Gasteiger partial charge in [-0.1, -0.05) is 5.16 Å². The van der Waals surface area contributed by atoms with Crippen LogP contribution in [0.4, 0.5) is 0 Å². The summed E-state index contributed by atoms with van der Waals surface area (Å²) in [4.78, 5) is 19.4. The van der Waals surface area contributed by atoms with Crippen molar-refractivity contribution >= 4 is 17.2 Å². The lowest BCUT2D eigenvalue weighted by atomic mass is 10.0. The zero-order chi connectivity index (χ0) is 15.0. The van der Waals surface area contributed by atoms with E-state index in [0.29, 0.717) is 17.0 Å². The molecule has 0 aromatic carbocycles. The summed E-state index contributed by atoms with van der Waals surface area (Å²) >= 11 is 1.64. The van der Waals surface area contributed by atoms with Crippen LogP contribution in [0.3, 0.4) is 0 Å². The van der Waals surface area contributed by atoms with E-state index in [-0.39, 0.29) is 11.9 Å². The van der Waals surface area contributed by atoms with Crippen LogP contribution in [0.2, 0.25) is 0 Å². The quantitative estimate of drug-likeness (QED) is 0.853. The predicted molar refractivity (Wildman–Crippen MR) is 80.5 cm³/mol. The topological polar surface area (TPSA) is 59.2 Å². The van der Waals surface area contributed by atoms with Crippen LogP contribution >= 0.6 is 11.3 Å². The van der Waals surface area contributed by atoms with Gasteiger partial charge in [-0.25, -0.2) is 4.98 Å². The van der Waals surface area contributed by atoms with Gasteiger partial charge in [-0.2, -0.15) is 0 Å². The fraction of sp³-hybridized carbons (Fsp3) is 0.533. The van der Waals surface area contributed by atoms with Crippen LogP contribution < -0.4 is 0 Å². The molecule has 0 saturated carbocycles. The first-order valence-corrected chi connectivity index (χ1v) is 8.11. The summed E-state index contributed by atoms with van der Waals surface area (Å²) in [6.07, 6.45) is 3.15. The summed E-state index contributed by atoms with van der Waals surface area (Å²) in [6.45, 7) is 6.37. The fourth-order valence-electron chi connectivity index (χ4n) is 2.89. The third kappa shape index (κ3) is 2.60. The lowest BCUT2D eigenvalue weighted by Crippen LogP contribution is -2.38. The number of hydrogen-bond donors (Lipinski definition) is 0. The van der Waals surface area contributed by atoms with Gasteiger partial charge >= 0.3 is 0 Å². The van der Waals surface area contributed by atoms with E-state index < -0.39 is 0 Å². The number of aromatic nitrogens is 2. The first kappa shape index (κ1) is 14.3. The van der Waals surface area contributed by atoms with Gasteiger partial charge in [-0.15, -0.1) is 11.3 Å². The molecule has 0 aliphatic carbocycles. The summed E-state index contributed by atoms with van der Waals surface area (Å²) in [7, 11) is 0. The third-order valence-corrected chi connectivity index (χ3v) is 5.00. The van der Waals surface area contributed by atoms with Crippen LogP contribution in [0.1, 0.15) is 57.8 Å². The predicted octanol–water partition coefficient (Wildman–Crippen LogP) is 3.42. The normalized spacial score (nSPS) is 19.0. The molecule has 1 aliphatic heterocycles. The summed E-state index contributed by atoms with van der Waals surface area (Å²) in [6, 6.07) is 0.0821. The van der Waals surface area contributed by atoms with Crippen molar-refractivity contribution in [1.29, 1.82) is 0 Å². The SMILES string of the molecule is Cc1csc(C2CCCCN2C(=O)c2c(C)noc2C)n1. The van der Waals surface area contributed by atoms with E-state index in [0.717, 1.165) is 36.5 Å². The molecule has 112 valence electrons. The Hall–Kier alpha value is -1.69. The smallest absolute Gasteiger partial charge is 0.259 e. The Labute approximate surface area is 128 Å². The van der Waals surface area contributed by atoms with Gasteiger partial charge in [0.1, 0.15) is 16.3 Å². The standard InChI is InChI=1S/C15H19N3O2S/c1-9-8-21-14(16-9)12-6-4-5-7-18(12)15(19)13-10(2)17-20-11(13)3/h8,12H,4-7H2,1-3H3. The maximum absolute atomic E-state index is 12.9. The second-order valence-electron chi connectivity index (χ2n) is 5.54. The van der Waals surface area contributed by atoms with E-state index in [1.165, 1.54) is 0 Å². The van der Waals surface area contributed by atoms with Gasteiger partial charge in [0.05, 0.1) is 11.7 Å². The molecule has 0 radical (unpaired) electrons. The highest BCUT2D eigenvalue weighted by Crippen LogP contribution is 2.34. The number of thiazole rings is 1. The molecule has 1 amide bonds. The van der Waals surface area contributed by atoms with Crippen molar-refractivity contribution in [3.63, 3.8) is 0 Å². The zero-order valence-electron chi connectivity index (χ0n) is 12.5. The zero-order valence-corrected chi connectivity index (χ0v) is 13.4. The number of likely N-dealkylation sites (tertiary alicyclic amines) is 1. The number of hydrogen-bond acceptors (Lipinski definition) is 5. The summed E-state index contributed by atoms with van der Waals surface area (Å²) in [5, 5.41) is 6.98. The van der Waals surface area contributed by atoms with Crippen molar-refractivity contribution in [1.82, 2.24) is 15.0 Å². The molecule has 2 aromatic rings. The lowest BCUT2D eigenvalue weighted by Gasteiger charge is -2.34. The fourth-order valence-corrected chi connectivity index (χ4v) is 3.83. The molecule has 1 atom stereocenters. The summed E-state index contributed by atoms with van der Waals surface area (Å²) in [5.74, 6) is 0.612. The van der Waals surface area contributed by atoms with Crippen LogP contribution in [-0.4, -0.2) is 27.5 Å². The first-order valence-electron chi connectivity index (χ1n) is 7.24. The molecule has 1 saturated heterocycles.